The van der Waals surface area contributed by atoms with Crippen LogP contribution in [0.4, 0.5) is 4.39 Å². The van der Waals surface area contributed by atoms with Gasteiger partial charge in [0.2, 0.25) is 0 Å². The van der Waals surface area contributed by atoms with Crippen LogP contribution in [0.1, 0.15) is 24.5 Å². The summed E-state index contributed by atoms with van der Waals surface area (Å²) in [6, 6.07) is 12.4. The first-order valence-electron chi connectivity index (χ1n) is 8.40. The van der Waals surface area contributed by atoms with Gasteiger partial charge in [-0.1, -0.05) is 31.2 Å². The summed E-state index contributed by atoms with van der Waals surface area (Å²) in [5.41, 5.74) is 2.83. The number of carbonyl (C=O) groups excluding carboxylic acids is 1. The van der Waals surface area contributed by atoms with E-state index in [0.29, 0.717) is 24.2 Å². The van der Waals surface area contributed by atoms with E-state index in [2.05, 4.69) is 0 Å². The quantitative estimate of drug-likeness (QED) is 0.807. The zero-order valence-corrected chi connectivity index (χ0v) is 15.5. The van der Waals surface area contributed by atoms with Gasteiger partial charge in [-0.15, -0.1) is 0 Å². The van der Waals surface area contributed by atoms with Crippen LogP contribution in [0.15, 0.2) is 53.4 Å². The standard InChI is InChI=1S/C20H20FNO3S/c1-3-12-22-13-18(14-6-10-17(11-7-14)26(2,24)25)19(20(22)23)15-4-8-16(21)9-5-15/h4-11H,3,12-13H2,1-2H3. The van der Waals surface area contributed by atoms with Gasteiger partial charge >= 0.3 is 0 Å². The number of halogens is 1. The summed E-state index contributed by atoms with van der Waals surface area (Å²) >= 11 is 0. The fourth-order valence-electron chi connectivity index (χ4n) is 3.13. The fraction of sp³-hybridized carbons (Fsp3) is 0.250. The lowest BCUT2D eigenvalue weighted by Crippen LogP contribution is -2.27. The molecule has 0 aliphatic carbocycles. The van der Waals surface area contributed by atoms with Gasteiger partial charge in [0.1, 0.15) is 5.82 Å². The Morgan fingerprint density at radius 1 is 1.00 bits per heavy atom. The Morgan fingerprint density at radius 3 is 2.12 bits per heavy atom. The van der Waals surface area contributed by atoms with Crippen LogP contribution >= 0.6 is 0 Å². The van der Waals surface area contributed by atoms with Gasteiger partial charge in [-0.05, 0) is 47.4 Å². The molecule has 26 heavy (non-hydrogen) atoms. The van der Waals surface area contributed by atoms with Crippen molar-refractivity contribution in [3.63, 3.8) is 0 Å². The minimum atomic E-state index is -3.28. The van der Waals surface area contributed by atoms with Crippen molar-refractivity contribution in [3.8, 4) is 0 Å². The lowest BCUT2D eigenvalue weighted by atomic mass is 9.97. The van der Waals surface area contributed by atoms with Crippen LogP contribution in [0.2, 0.25) is 0 Å². The Morgan fingerprint density at radius 2 is 1.58 bits per heavy atom. The Hall–Kier alpha value is -2.47. The molecule has 0 bridgehead atoms. The van der Waals surface area contributed by atoms with E-state index in [9.17, 15) is 17.6 Å². The van der Waals surface area contributed by atoms with E-state index in [1.165, 1.54) is 12.1 Å². The van der Waals surface area contributed by atoms with Gasteiger partial charge < -0.3 is 4.90 Å². The van der Waals surface area contributed by atoms with Crippen molar-refractivity contribution in [1.82, 2.24) is 4.90 Å². The Labute approximate surface area is 152 Å². The largest absolute Gasteiger partial charge is 0.334 e. The normalized spacial score (nSPS) is 15.0. The van der Waals surface area contributed by atoms with Crippen LogP contribution < -0.4 is 0 Å². The first-order chi connectivity index (χ1) is 12.3. The monoisotopic (exact) mass is 373 g/mol. The highest BCUT2D eigenvalue weighted by molar-refractivity contribution is 7.90. The molecule has 0 saturated heterocycles. The minimum Gasteiger partial charge on any atom is -0.334 e. The van der Waals surface area contributed by atoms with Gasteiger partial charge in [0, 0.05) is 19.3 Å². The third-order valence-electron chi connectivity index (χ3n) is 4.41. The van der Waals surface area contributed by atoms with Crippen molar-refractivity contribution >= 4 is 26.9 Å². The van der Waals surface area contributed by atoms with Crippen molar-refractivity contribution < 1.29 is 17.6 Å². The number of amides is 1. The summed E-state index contributed by atoms with van der Waals surface area (Å²) in [4.78, 5) is 14.9. The molecule has 0 atom stereocenters. The second-order valence-electron chi connectivity index (χ2n) is 6.38. The van der Waals surface area contributed by atoms with E-state index in [0.717, 1.165) is 23.8 Å². The topological polar surface area (TPSA) is 54.5 Å². The maximum Gasteiger partial charge on any atom is 0.255 e. The number of rotatable bonds is 5. The predicted molar refractivity (Wildman–Crippen MR) is 99.6 cm³/mol. The van der Waals surface area contributed by atoms with Crippen molar-refractivity contribution in [1.29, 1.82) is 0 Å². The molecule has 136 valence electrons. The molecule has 0 fully saturated rings. The van der Waals surface area contributed by atoms with Gasteiger partial charge in [-0.3, -0.25) is 4.79 Å². The fourth-order valence-corrected chi connectivity index (χ4v) is 3.76. The maximum atomic E-state index is 13.3. The summed E-state index contributed by atoms with van der Waals surface area (Å²) in [6.07, 6.45) is 2.00. The maximum absolute atomic E-state index is 13.3. The highest BCUT2D eigenvalue weighted by Gasteiger charge is 2.31. The number of nitrogens with zero attached hydrogens (tertiary/aromatic N) is 1. The van der Waals surface area contributed by atoms with E-state index >= 15 is 0 Å². The molecule has 0 N–H and O–H groups in total. The molecule has 0 saturated carbocycles. The van der Waals surface area contributed by atoms with Crippen molar-refractivity contribution in [2.45, 2.75) is 18.2 Å². The average molecular weight is 373 g/mol. The smallest absolute Gasteiger partial charge is 0.255 e. The summed E-state index contributed by atoms with van der Waals surface area (Å²) < 4.78 is 36.6. The second-order valence-corrected chi connectivity index (χ2v) is 8.40. The van der Waals surface area contributed by atoms with Crippen LogP contribution in [-0.4, -0.2) is 38.6 Å². The number of benzene rings is 2. The molecule has 0 unspecified atom stereocenters. The predicted octanol–water partition coefficient (Wildman–Crippen LogP) is 3.39. The van der Waals surface area contributed by atoms with E-state index in [1.807, 2.05) is 6.92 Å². The highest BCUT2D eigenvalue weighted by atomic mass is 32.2. The van der Waals surface area contributed by atoms with E-state index in [-0.39, 0.29) is 16.6 Å². The molecule has 0 radical (unpaired) electrons. The highest BCUT2D eigenvalue weighted by Crippen LogP contribution is 2.35. The summed E-state index contributed by atoms with van der Waals surface area (Å²) in [6.45, 7) is 3.09. The first kappa shape index (κ1) is 18.3. The molecule has 1 aliphatic rings. The van der Waals surface area contributed by atoms with E-state index in [4.69, 9.17) is 0 Å². The molecule has 0 spiro atoms. The molecule has 4 nitrogen and oxygen atoms in total. The molecule has 1 amide bonds. The van der Waals surface area contributed by atoms with Crippen LogP contribution in [0.3, 0.4) is 0 Å². The molecule has 2 aromatic rings. The lowest BCUT2D eigenvalue weighted by Gasteiger charge is -2.15. The van der Waals surface area contributed by atoms with Gasteiger partial charge in [-0.2, -0.15) is 0 Å². The SMILES string of the molecule is CCCN1CC(c2ccc(S(C)(=O)=O)cc2)=C(c2ccc(F)cc2)C1=O. The van der Waals surface area contributed by atoms with Crippen molar-refractivity contribution in [3.05, 3.63) is 65.5 Å². The zero-order chi connectivity index (χ0) is 18.9. The number of sulfone groups is 1. The van der Waals surface area contributed by atoms with Gasteiger partial charge in [0.05, 0.1) is 10.5 Å². The first-order valence-corrected chi connectivity index (χ1v) is 10.3. The lowest BCUT2D eigenvalue weighted by molar-refractivity contribution is -0.123. The van der Waals surface area contributed by atoms with Crippen LogP contribution in [0, 0.1) is 5.82 Å². The minimum absolute atomic E-state index is 0.0827. The third kappa shape index (κ3) is 3.55. The molecule has 0 aromatic heterocycles. The third-order valence-corrected chi connectivity index (χ3v) is 5.54. The zero-order valence-electron chi connectivity index (χ0n) is 14.7. The molecular formula is C20H20FNO3S. The molecular weight excluding hydrogens is 353 g/mol. The summed E-state index contributed by atoms with van der Waals surface area (Å²) in [5.74, 6) is -0.440. The summed E-state index contributed by atoms with van der Waals surface area (Å²) in [7, 11) is -3.28. The van der Waals surface area contributed by atoms with Gasteiger partial charge in [0.25, 0.3) is 5.91 Å². The average Bonchev–Trinajstić information content (AvgIpc) is 2.92. The molecule has 6 heteroatoms. The molecule has 1 heterocycles. The van der Waals surface area contributed by atoms with Crippen LogP contribution in [0.25, 0.3) is 11.1 Å². The Balaban J connectivity index is 2.09. The van der Waals surface area contributed by atoms with Gasteiger partial charge in [-0.25, -0.2) is 12.8 Å². The van der Waals surface area contributed by atoms with Crippen LogP contribution in [0.5, 0.6) is 0 Å². The van der Waals surface area contributed by atoms with Crippen molar-refractivity contribution in [2.75, 3.05) is 19.3 Å². The summed E-state index contributed by atoms with van der Waals surface area (Å²) in [5, 5.41) is 0. The number of hydrogen-bond donors (Lipinski definition) is 0. The second kappa shape index (κ2) is 7.03. The molecule has 2 aromatic carbocycles. The number of carbonyl (C=O) groups is 1. The molecule has 3 rings (SSSR count). The van der Waals surface area contributed by atoms with Crippen molar-refractivity contribution in [2.24, 2.45) is 0 Å². The Kier molecular flexibility index (Phi) is 4.96. The Bertz CT molecular complexity index is 961. The van der Waals surface area contributed by atoms with Crippen LogP contribution in [-0.2, 0) is 14.6 Å². The van der Waals surface area contributed by atoms with Gasteiger partial charge in [0.15, 0.2) is 9.84 Å². The van der Waals surface area contributed by atoms with E-state index < -0.39 is 9.84 Å². The van der Waals surface area contributed by atoms with E-state index in [1.54, 1.807) is 41.3 Å². The molecule has 1 aliphatic heterocycles. The number of hydrogen-bond acceptors (Lipinski definition) is 3.